The van der Waals surface area contributed by atoms with E-state index < -0.39 is 0 Å². The fourth-order valence-corrected chi connectivity index (χ4v) is 3.86. The van der Waals surface area contributed by atoms with Crippen molar-refractivity contribution >= 4 is 35.8 Å². The second-order valence-electron chi connectivity index (χ2n) is 8.02. The summed E-state index contributed by atoms with van der Waals surface area (Å²) < 4.78 is 13.4. The molecule has 8 heteroatoms. The summed E-state index contributed by atoms with van der Waals surface area (Å²) in [5.74, 6) is 1.27. The third-order valence-corrected chi connectivity index (χ3v) is 5.82. The summed E-state index contributed by atoms with van der Waals surface area (Å²) in [4.78, 5) is 23.5. The van der Waals surface area contributed by atoms with Crippen LogP contribution in [-0.4, -0.2) is 79.4 Å². The Kier molecular flexibility index (Phi) is 10.3. The lowest BCUT2D eigenvalue weighted by molar-refractivity contribution is -0.139. The van der Waals surface area contributed by atoms with E-state index in [4.69, 9.17) is 4.99 Å². The zero-order valence-corrected chi connectivity index (χ0v) is 20.5. The zero-order chi connectivity index (χ0) is 20.6. The van der Waals surface area contributed by atoms with Gasteiger partial charge in [-0.15, -0.1) is 24.0 Å². The molecular formula is C22H35FIN5O. The lowest BCUT2D eigenvalue weighted by atomic mass is 9.84. The summed E-state index contributed by atoms with van der Waals surface area (Å²) in [6, 6.07) is 6.68. The number of benzene rings is 1. The molecule has 1 amide bonds. The van der Waals surface area contributed by atoms with Gasteiger partial charge < -0.3 is 15.1 Å². The molecule has 1 saturated heterocycles. The van der Waals surface area contributed by atoms with Crippen molar-refractivity contribution in [3.05, 3.63) is 35.6 Å². The van der Waals surface area contributed by atoms with E-state index >= 15 is 0 Å². The number of hydrogen-bond acceptors (Lipinski definition) is 3. The fourth-order valence-electron chi connectivity index (χ4n) is 3.86. The SMILES string of the molecule is CCNC(=NCCN1CCN(C(=O)C2CCC2)CC1)N(C)Cc1cccc(F)c1.I. The van der Waals surface area contributed by atoms with Crippen molar-refractivity contribution in [3.8, 4) is 0 Å². The monoisotopic (exact) mass is 531 g/mol. The average Bonchev–Trinajstić information content (AvgIpc) is 2.66. The number of rotatable bonds is 7. The number of nitrogens with zero attached hydrogens (tertiary/aromatic N) is 4. The molecule has 1 aromatic carbocycles. The van der Waals surface area contributed by atoms with Gasteiger partial charge in [0, 0.05) is 58.8 Å². The molecule has 0 atom stereocenters. The van der Waals surface area contributed by atoms with Gasteiger partial charge in [-0.05, 0) is 37.5 Å². The van der Waals surface area contributed by atoms with Gasteiger partial charge in [0.2, 0.25) is 5.91 Å². The summed E-state index contributed by atoms with van der Waals surface area (Å²) in [6.45, 7) is 8.52. The highest BCUT2D eigenvalue weighted by Crippen LogP contribution is 2.28. The molecular weight excluding hydrogens is 496 g/mol. The van der Waals surface area contributed by atoms with Crippen LogP contribution in [0.3, 0.4) is 0 Å². The smallest absolute Gasteiger partial charge is 0.225 e. The molecule has 30 heavy (non-hydrogen) atoms. The number of carbonyl (C=O) groups excluding carboxylic acids is 1. The van der Waals surface area contributed by atoms with Gasteiger partial charge in [0.15, 0.2) is 5.96 Å². The first kappa shape index (κ1) is 24.8. The molecule has 1 aromatic rings. The van der Waals surface area contributed by atoms with Gasteiger partial charge in [0.1, 0.15) is 5.82 Å². The lowest BCUT2D eigenvalue weighted by Gasteiger charge is -2.38. The molecule has 1 saturated carbocycles. The molecule has 2 aliphatic rings. The van der Waals surface area contributed by atoms with Gasteiger partial charge in [-0.1, -0.05) is 18.6 Å². The Morgan fingerprint density at radius 1 is 1.27 bits per heavy atom. The van der Waals surface area contributed by atoms with Crippen LogP contribution in [0.1, 0.15) is 31.7 Å². The predicted molar refractivity (Wildman–Crippen MR) is 130 cm³/mol. The van der Waals surface area contributed by atoms with E-state index in [0.717, 1.165) is 63.6 Å². The molecule has 0 radical (unpaired) electrons. The Bertz CT molecular complexity index is 705. The van der Waals surface area contributed by atoms with Crippen molar-refractivity contribution in [1.29, 1.82) is 0 Å². The molecule has 1 N–H and O–H groups in total. The predicted octanol–water partition coefficient (Wildman–Crippen LogP) is 2.79. The zero-order valence-electron chi connectivity index (χ0n) is 18.1. The average molecular weight is 531 g/mol. The topological polar surface area (TPSA) is 51.2 Å². The van der Waals surface area contributed by atoms with Gasteiger partial charge in [-0.2, -0.15) is 0 Å². The maximum absolute atomic E-state index is 13.4. The Morgan fingerprint density at radius 2 is 2.00 bits per heavy atom. The number of hydrogen-bond donors (Lipinski definition) is 1. The number of guanidine groups is 1. The Balaban J connectivity index is 0.00000320. The van der Waals surface area contributed by atoms with Crippen molar-refractivity contribution in [3.63, 3.8) is 0 Å². The quantitative estimate of drug-likeness (QED) is 0.334. The maximum Gasteiger partial charge on any atom is 0.225 e. The molecule has 2 fully saturated rings. The van der Waals surface area contributed by atoms with E-state index in [0.29, 0.717) is 24.9 Å². The van der Waals surface area contributed by atoms with Crippen molar-refractivity contribution in [1.82, 2.24) is 20.0 Å². The van der Waals surface area contributed by atoms with Crippen LogP contribution >= 0.6 is 24.0 Å². The van der Waals surface area contributed by atoms with E-state index in [9.17, 15) is 9.18 Å². The van der Waals surface area contributed by atoms with Crippen molar-refractivity contribution in [2.75, 3.05) is 52.9 Å². The van der Waals surface area contributed by atoms with Crippen LogP contribution in [0.4, 0.5) is 4.39 Å². The summed E-state index contributed by atoms with van der Waals surface area (Å²) in [5, 5.41) is 3.31. The van der Waals surface area contributed by atoms with E-state index in [1.54, 1.807) is 12.1 Å². The molecule has 0 bridgehead atoms. The summed E-state index contributed by atoms with van der Waals surface area (Å²) >= 11 is 0. The van der Waals surface area contributed by atoms with Crippen LogP contribution in [0, 0.1) is 11.7 Å². The lowest BCUT2D eigenvalue weighted by Crippen LogP contribution is -2.51. The van der Waals surface area contributed by atoms with Gasteiger partial charge in [0.25, 0.3) is 0 Å². The normalized spacial score (nSPS) is 17.8. The van der Waals surface area contributed by atoms with Crippen LogP contribution in [0.25, 0.3) is 0 Å². The Labute approximate surface area is 196 Å². The third-order valence-electron chi connectivity index (χ3n) is 5.82. The molecule has 0 spiro atoms. The molecule has 0 aromatic heterocycles. The van der Waals surface area contributed by atoms with Crippen molar-refractivity contribution in [2.45, 2.75) is 32.7 Å². The first-order valence-corrected chi connectivity index (χ1v) is 10.8. The molecule has 168 valence electrons. The molecule has 3 rings (SSSR count). The fraction of sp³-hybridized carbons (Fsp3) is 0.636. The van der Waals surface area contributed by atoms with Crippen LogP contribution in [0.5, 0.6) is 0 Å². The first-order chi connectivity index (χ1) is 14.1. The number of carbonyl (C=O) groups is 1. The van der Waals surface area contributed by atoms with Gasteiger partial charge in [-0.25, -0.2) is 4.39 Å². The van der Waals surface area contributed by atoms with E-state index in [1.807, 2.05) is 29.8 Å². The third kappa shape index (κ3) is 7.08. The first-order valence-electron chi connectivity index (χ1n) is 10.8. The van der Waals surface area contributed by atoms with Crippen LogP contribution in [0.15, 0.2) is 29.3 Å². The van der Waals surface area contributed by atoms with E-state index in [-0.39, 0.29) is 29.8 Å². The standard InChI is InChI=1S/C22H34FN5O.HI/c1-3-24-22(26(2)17-18-6-4-9-20(23)16-18)25-10-11-27-12-14-28(15-13-27)21(29)19-7-5-8-19;/h4,6,9,16,19H,3,5,7-8,10-15,17H2,1-2H3,(H,24,25);1H. The summed E-state index contributed by atoms with van der Waals surface area (Å²) in [5.41, 5.74) is 0.922. The second kappa shape index (κ2) is 12.4. The van der Waals surface area contributed by atoms with Gasteiger partial charge >= 0.3 is 0 Å². The minimum Gasteiger partial charge on any atom is -0.357 e. The summed E-state index contributed by atoms with van der Waals surface area (Å²) in [7, 11) is 1.97. The Hall–Kier alpha value is -1.42. The molecule has 0 unspecified atom stereocenters. The minimum atomic E-state index is -0.215. The second-order valence-corrected chi connectivity index (χ2v) is 8.02. The highest BCUT2D eigenvalue weighted by molar-refractivity contribution is 14.0. The number of aliphatic imine (C=N–C) groups is 1. The highest BCUT2D eigenvalue weighted by Gasteiger charge is 2.30. The number of nitrogens with one attached hydrogen (secondary N) is 1. The summed E-state index contributed by atoms with van der Waals surface area (Å²) in [6.07, 6.45) is 3.35. The highest BCUT2D eigenvalue weighted by atomic mass is 127. The van der Waals surface area contributed by atoms with Crippen LogP contribution in [0.2, 0.25) is 0 Å². The number of piperazine rings is 1. The number of amides is 1. The molecule has 1 aliphatic carbocycles. The maximum atomic E-state index is 13.4. The van der Waals surface area contributed by atoms with Gasteiger partial charge in [-0.3, -0.25) is 14.7 Å². The number of halogens is 2. The largest absolute Gasteiger partial charge is 0.357 e. The van der Waals surface area contributed by atoms with Crippen molar-refractivity contribution < 1.29 is 9.18 Å². The van der Waals surface area contributed by atoms with E-state index in [1.165, 1.54) is 12.5 Å². The van der Waals surface area contributed by atoms with Crippen LogP contribution < -0.4 is 5.32 Å². The molecule has 1 aliphatic heterocycles. The van der Waals surface area contributed by atoms with Crippen LogP contribution in [-0.2, 0) is 11.3 Å². The van der Waals surface area contributed by atoms with E-state index in [2.05, 4.69) is 10.2 Å². The Morgan fingerprint density at radius 3 is 2.60 bits per heavy atom. The van der Waals surface area contributed by atoms with Gasteiger partial charge in [0.05, 0.1) is 6.54 Å². The molecule has 6 nitrogen and oxygen atoms in total. The molecule has 1 heterocycles. The van der Waals surface area contributed by atoms with Crippen molar-refractivity contribution in [2.24, 2.45) is 10.9 Å². The minimum absolute atomic E-state index is 0.